The van der Waals surface area contributed by atoms with Crippen LogP contribution in [0.25, 0.3) is 10.8 Å². The van der Waals surface area contributed by atoms with E-state index in [9.17, 15) is 9.59 Å². The monoisotopic (exact) mass is 646 g/mol. The third kappa shape index (κ3) is 7.83. The summed E-state index contributed by atoms with van der Waals surface area (Å²) in [4.78, 5) is 44.6. The molecule has 2 aliphatic rings. The molecule has 2 aromatic heterocycles. The van der Waals surface area contributed by atoms with Crippen LogP contribution in [0.15, 0.2) is 48.8 Å². The van der Waals surface area contributed by atoms with Crippen molar-refractivity contribution in [2.24, 2.45) is 0 Å². The molecule has 0 aliphatic carbocycles. The first-order chi connectivity index (χ1) is 22.8. The molecule has 0 spiro atoms. The Morgan fingerprint density at radius 3 is 1.50 bits per heavy atom. The van der Waals surface area contributed by atoms with Crippen LogP contribution in [0.5, 0.6) is 0 Å². The van der Waals surface area contributed by atoms with E-state index in [1.54, 1.807) is 22.2 Å². The van der Waals surface area contributed by atoms with Crippen molar-refractivity contribution in [3.63, 3.8) is 0 Å². The molecule has 0 radical (unpaired) electrons. The second kappa shape index (κ2) is 13.1. The van der Waals surface area contributed by atoms with Crippen LogP contribution in [0.3, 0.4) is 0 Å². The van der Waals surface area contributed by atoms with Gasteiger partial charge in [0.2, 0.25) is 0 Å². The zero-order chi connectivity index (χ0) is 34.1. The average Bonchev–Trinajstić information content (AvgIpc) is 3.83. The molecule has 2 fully saturated rings. The number of H-pyrrole nitrogens is 2. The number of fused-ring (bicyclic) bond motifs is 1. The highest BCUT2D eigenvalue weighted by Crippen LogP contribution is 2.33. The van der Waals surface area contributed by atoms with Crippen molar-refractivity contribution in [1.29, 1.82) is 0 Å². The molecule has 2 atom stereocenters. The van der Waals surface area contributed by atoms with Gasteiger partial charge in [-0.15, -0.1) is 0 Å². The summed E-state index contributed by atoms with van der Waals surface area (Å²) in [5.41, 5.74) is 2.05. The first kappa shape index (κ1) is 32.7. The van der Waals surface area contributed by atoms with Crippen molar-refractivity contribution in [1.82, 2.24) is 29.7 Å². The van der Waals surface area contributed by atoms with E-state index in [1.807, 2.05) is 65.8 Å². The predicted octanol–water partition coefficient (Wildman–Crippen LogP) is 7.23. The molecule has 0 bridgehead atoms. The molecule has 6 rings (SSSR count). The molecule has 2 aromatic carbocycles. The maximum atomic E-state index is 12.7. The van der Waals surface area contributed by atoms with Gasteiger partial charge in [0.25, 0.3) is 0 Å². The fraction of sp³-hybridized carbons (Fsp3) is 0.421. The zero-order valence-electron chi connectivity index (χ0n) is 28.4. The minimum Gasteiger partial charge on any atom is -0.444 e. The summed E-state index contributed by atoms with van der Waals surface area (Å²) < 4.78 is 11.2. The van der Waals surface area contributed by atoms with E-state index >= 15 is 0 Å². The first-order valence-electron chi connectivity index (χ1n) is 16.5. The van der Waals surface area contributed by atoms with E-state index in [-0.39, 0.29) is 24.3 Å². The lowest BCUT2D eigenvalue weighted by atomic mass is 10.0. The molecule has 248 valence electrons. The van der Waals surface area contributed by atoms with Gasteiger partial charge in [-0.05, 0) is 114 Å². The zero-order valence-corrected chi connectivity index (χ0v) is 28.4. The van der Waals surface area contributed by atoms with Gasteiger partial charge in [0.15, 0.2) is 0 Å². The number of nitrogens with zero attached hydrogens (tertiary/aromatic N) is 4. The second-order valence-corrected chi connectivity index (χ2v) is 14.3. The van der Waals surface area contributed by atoms with E-state index in [0.29, 0.717) is 24.5 Å². The van der Waals surface area contributed by atoms with Crippen LogP contribution in [-0.4, -0.2) is 66.2 Å². The number of amides is 2. The Morgan fingerprint density at radius 2 is 1.10 bits per heavy atom. The number of nitrogens with one attached hydrogen (secondary N) is 2. The summed E-state index contributed by atoms with van der Waals surface area (Å²) in [6.45, 7) is 12.5. The van der Waals surface area contributed by atoms with Crippen LogP contribution < -0.4 is 0 Å². The summed E-state index contributed by atoms with van der Waals surface area (Å²) in [7, 11) is 0. The van der Waals surface area contributed by atoms with Crippen molar-refractivity contribution in [3.05, 3.63) is 83.0 Å². The van der Waals surface area contributed by atoms with Crippen molar-refractivity contribution in [2.75, 3.05) is 13.1 Å². The van der Waals surface area contributed by atoms with E-state index < -0.39 is 11.2 Å². The molecule has 2 amide bonds. The number of ether oxygens (including phenoxy) is 2. The Labute approximate surface area is 281 Å². The van der Waals surface area contributed by atoms with Gasteiger partial charge in [0.1, 0.15) is 34.2 Å². The third-order valence-corrected chi connectivity index (χ3v) is 8.11. The molecule has 2 unspecified atom stereocenters. The predicted molar refractivity (Wildman–Crippen MR) is 183 cm³/mol. The van der Waals surface area contributed by atoms with E-state index in [4.69, 9.17) is 9.47 Å². The maximum Gasteiger partial charge on any atom is 0.410 e. The molecule has 48 heavy (non-hydrogen) atoms. The van der Waals surface area contributed by atoms with Crippen LogP contribution in [0, 0.1) is 23.7 Å². The van der Waals surface area contributed by atoms with Crippen LogP contribution in [0.2, 0.25) is 0 Å². The highest BCUT2D eigenvalue weighted by atomic mass is 16.6. The number of aromatic nitrogens is 4. The second-order valence-electron chi connectivity index (χ2n) is 14.3. The van der Waals surface area contributed by atoms with Crippen molar-refractivity contribution in [3.8, 4) is 23.7 Å². The lowest BCUT2D eigenvalue weighted by Gasteiger charge is -2.27. The molecule has 10 nitrogen and oxygen atoms in total. The first-order valence-corrected chi connectivity index (χ1v) is 16.5. The highest BCUT2D eigenvalue weighted by Gasteiger charge is 2.36. The number of benzene rings is 2. The van der Waals surface area contributed by atoms with Gasteiger partial charge in [-0.2, -0.15) is 0 Å². The summed E-state index contributed by atoms with van der Waals surface area (Å²) in [6.07, 6.45) is 6.25. The molecule has 4 heterocycles. The SMILES string of the molecule is CC(C)(C)OC(=O)N1CCCC1c1ncc(C#Cc2ccc3cc(C#Cc4cnc(C5CCCN5C(=O)OC(C)(C)C)[nH]4)ccc3c2)[nH]1. The fourth-order valence-corrected chi connectivity index (χ4v) is 6.00. The van der Waals surface area contributed by atoms with Gasteiger partial charge in [-0.25, -0.2) is 19.6 Å². The number of hydrogen-bond acceptors (Lipinski definition) is 6. The quantitative estimate of drug-likeness (QED) is 0.222. The van der Waals surface area contributed by atoms with Gasteiger partial charge >= 0.3 is 12.2 Å². The lowest BCUT2D eigenvalue weighted by molar-refractivity contribution is 0.0208. The molecule has 2 aliphatic heterocycles. The number of carbonyl (C=O) groups is 2. The molecule has 4 aromatic rings. The smallest absolute Gasteiger partial charge is 0.410 e. The van der Waals surface area contributed by atoms with Gasteiger partial charge in [-0.3, -0.25) is 9.80 Å². The molecule has 2 saturated heterocycles. The number of hydrogen-bond donors (Lipinski definition) is 2. The Balaban J connectivity index is 1.10. The minimum absolute atomic E-state index is 0.148. The molecular weight excluding hydrogens is 604 g/mol. The number of likely N-dealkylation sites (tertiary alicyclic amines) is 2. The van der Waals surface area contributed by atoms with Crippen LogP contribution >= 0.6 is 0 Å². The van der Waals surface area contributed by atoms with Crippen LogP contribution in [0.1, 0.15) is 113 Å². The Bertz CT molecular complexity index is 1810. The highest BCUT2D eigenvalue weighted by molar-refractivity contribution is 5.85. The summed E-state index contributed by atoms with van der Waals surface area (Å²) >= 11 is 0. The lowest BCUT2D eigenvalue weighted by Crippen LogP contribution is -2.36. The van der Waals surface area contributed by atoms with Crippen LogP contribution in [0.4, 0.5) is 9.59 Å². The van der Waals surface area contributed by atoms with Crippen molar-refractivity contribution in [2.45, 2.75) is 90.5 Å². The fourth-order valence-electron chi connectivity index (χ4n) is 6.00. The van der Waals surface area contributed by atoms with E-state index in [1.165, 1.54) is 0 Å². The molecular formula is C38H42N6O4. The Morgan fingerprint density at radius 1 is 0.688 bits per heavy atom. The molecule has 10 heteroatoms. The normalized spacial score (nSPS) is 17.9. The average molecular weight is 647 g/mol. The van der Waals surface area contributed by atoms with Gasteiger partial charge in [0, 0.05) is 24.2 Å². The topological polar surface area (TPSA) is 116 Å². The van der Waals surface area contributed by atoms with Crippen molar-refractivity contribution < 1.29 is 19.1 Å². The Hall–Kier alpha value is -5.22. The number of rotatable bonds is 2. The van der Waals surface area contributed by atoms with Gasteiger partial charge < -0.3 is 19.4 Å². The number of imidazole rings is 2. The third-order valence-electron chi connectivity index (χ3n) is 8.11. The summed E-state index contributed by atoms with van der Waals surface area (Å²) in [5.74, 6) is 14.3. The summed E-state index contributed by atoms with van der Waals surface area (Å²) in [5, 5.41) is 2.12. The van der Waals surface area contributed by atoms with E-state index in [2.05, 4.69) is 55.8 Å². The van der Waals surface area contributed by atoms with Gasteiger partial charge in [-0.1, -0.05) is 24.0 Å². The summed E-state index contributed by atoms with van der Waals surface area (Å²) in [6, 6.07) is 11.9. The number of aromatic amines is 2. The largest absolute Gasteiger partial charge is 0.444 e. The van der Waals surface area contributed by atoms with E-state index in [0.717, 1.165) is 59.2 Å². The molecule has 2 N–H and O–H groups in total. The standard InChI is InChI=1S/C38H42N6O4/c1-37(2,3)47-35(45)43-19-7-9-31(43)33-39-23-29(41-33)17-13-25-11-15-28-22-26(12-16-27(28)21-25)14-18-30-24-40-34(42-30)32-10-8-20-44(32)36(46)48-38(4,5)6/h11-12,15-16,21-24,31-32H,7-10,19-20H2,1-6H3,(H,39,41)(H,40,42). The molecule has 0 saturated carbocycles. The maximum absolute atomic E-state index is 12.7. The Kier molecular flexibility index (Phi) is 8.94. The minimum atomic E-state index is -0.548. The number of carbonyl (C=O) groups excluding carboxylic acids is 2. The van der Waals surface area contributed by atoms with Crippen LogP contribution in [-0.2, 0) is 9.47 Å². The van der Waals surface area contributed by atoms with Gasteiger partial charge in [0.05, 0.1) is 24.5 Å². The van der Waals surface area contributed by atoms with Crippen molar-refractivity contribution >= 4 is 23.0 Å².